The third-order valence-corrected chi connectivity index (χ3v) is 4.26. The molecule has 1 saturated heterocycles. The highest BCUT2D eigenvalue weighted by molar-refractivity contribution is 5.15. The molecule has 2 heterocycles. The first-order chi connectivity index (χ1) is 10.3. The zero-order chi connectivity index (χ0) is 15.1. The number of aromatic nitrogens is 1. The third-order valence-electron chi connectivity index (χ3n) is 4.26. The average molecular weight is 291 g/mol. The van der Waals surface area contributed by atoms with Gasteiger partial charge in [0.25, 0.3) is 0 Å². The second kappa shape index (κ2) is 8.47. The molecule has 4 nitrogen and oxygen atoms in total. The van der Waals surface area contributed by atoms with Gasteiger partial charge < -0.3 is 10.1 Å². The molecule has 0 saturated carbocycles. The maximum Gasteiger partial charge on any atom is 0.0859 e. The van der Waals surface area contributed by atoms with E-state index in [1.54, 1.807) is 0 Å². The van der Waals surface area contributed by atoms with Crippen molar-refractivity contribution in [2.75, 3.05) is 32.8 Å². The molecule has 118 valence electrons. The minimum atomic E-state index is 0.256. The second-order valence-electron chi connectivity index (χ2n) is 5.68. The Balaban J connectivity index is 2.00. The Kier molecular flexibility index (Phi) is 6.61. The van der Waals surface area contributed by atoms with Crippen LogP contribution in [-0.4, -0.2) is 54.8 Å². The number of likely N-dealkylation sites (N-methyl/N-ethyl adjacent to an activating group) is 2. The normalized spacial score (nSPS) is 21.4. The van der Waals surface area contributed by atoms with Gasteiger partial charge in [0.05, 0.1) is 12.7 Å². The molecule has 21 heavy (non-hydrogen) atoms. The van der Waals surface area contributed by atoms with Gasteiger partial charge in [-0.25, -0.2) is 0 Å². The number of hydrogen-bond donors (Lipinski definition) is 1. The fourth-order valence-corrected chi connectivity index (χ4v) is 2.87. The molecular weight excluding hydrogens is 262 g/mol. The summed E-state index contributed by atoms with van der Waals surface area (Å²) in [5, 5.41) is 3.58. The first kappa shape index (κ1) is 16.4. The number of rotatable bonds is 7. The van der Waals surface area contributed by atoms with Crippen molar-refractivity contribution in [2.24, 2.45) is 0 Å². The van der Waals surface area contributed by atoms with Gasteiger partial charge in [-0.05, 0) is 31.1 Å². The fraction of sp³-hybridized carbons (Fsp3) is 0.706. The smallest absolute Gasteiger partial charge is 0.0859 e. The Morgan fingerprint density at radius 3 is 2.86 bits per heavy atom. The van der Waals surface area contributed by atoms with E-state index in [0.717, 1.165) is 51.3 Å². The molecule has 1 aliphatic rings. The second-order valence-corrected chi connectivity index (χ2v) is 5.68. The summed E-state index contributed by atoms with van der Waals surface area (Å²) in [7, 11) is 0. The van der Waals surface area contributed by atoms with Crippen molar-refractivity contribution in [2.45, 2.75) is 45.8 Å². The predicted molar refractivity (Wildman–Crippen MR) is 86.6 cm³/mol. The van der Waals surface area contributed by atoms with Gasteiger partial charge in [0.1, 0.15) is 0 Å². The van der Waals surface area contributed by atoms with Crippen molar-refractivity contribution in [1.82, 2.24) is 15.2 Å². The van der Waals surface area contributed by atoms with E-state index in [1.807, 2.05) is 6.20 Å². The van der Waals surface area contributed by atoms with Crippen LogP contribution in [0.25, 0.3) is 0 Å². The van der Waals surface area contributed by atoms with Gasteiger partial charge >= 0.3 is 0 Å². The molecule has 2 atom stereocenters. The lowest BCUT2D eigenvalue weighted by Crippen LogP contribution is -2.53. The molecule has 0 amide bonds. The van der Waals surface area contributed by atoms with E-state index in [1.165, 1.54) is 5.56 Å². The van der Waals surface area contributed by atoms with E-state index in [2.05, 4.69) is 48.1 Å². The third kappa shape index (κ3) is 4.77. The number of pyridine rings is 1. The Hall–Kier alpha value is -0.970. The van der Waals surface area contributed by atoms with Gasteiger partial charge in [0, 0.05) is 37.4 Å². The molecule has 1 fully saturated rings. The Morgan fingerprint density at radius 1 is 1.38 bits per heavy atom. The molecule has 4 heteroatoms. The van der Waals surface area contributed by atoms with Crippen molar-refractivity contribution >= 4 is 0 Å². The summed E-state index contributed by atoms with van der Waals surface area (Å²) >= 11 is 0. The van der Waals surface area contributed by atoms with Gasteiger partial charge in [-0.3, -0.25) is 9.88 Å². The number of nitrogens with one attached hydrogen (secondary N) is 1. The molecule has 0 aromatic carbocycles. The minimum Gasteiger partial charge on any atom is -0.374 e. The van der Waals surface area contributed by atoms with Crippen LogP contribution in [-0.2, 0) is 17.6 Å². The van der Waals surface area contributed by atoms with Crippen molar-refractivity contribution in [3.8, 4) is 0 Å². The molecule has 0 radical (unpaired) electrons. The highest BCUT2D eigenvalue weighted by Gasteiger charge is 2.27. The molecule has 1 aliphatic heterocycles. The van der Waals surface area contributed by atoms with Crippen LogP contribution in [0.3, 0.4) is 0 Å². The zero-order valence-corrected chi connectivity index (χ0v) is 13.6. The average Bonchev–Trinajstić information content (AvgIpc) is 2.55. The van der Waals surface area contributed by atoms with Gasteiger partial charge in [-0.15, -0.1) is 0 Å². The first-order valence-corrected chi connectivity index (χ1v) is 8.27. The summed E-state index contributed by atoms with van der Waals surface area (Å²) in [6.45, 7) is 11.5. The van der Waals surface area contributed by atoms with E-state index in [0.29, 0.717) is 6.04 Å². The topological polar surface area (TPSA) is 37.4 Å². The highest BCUT2D eigenvalue weighted by atomic mass is 16.5. The molecule has 1 aromatic heterocycles. The van der Waals surface area contributed by atoms with E-state index in [-0.39, 0.29) is 6.10 Å². The summed E-state index contributed by atoms with van der Waals surface area (Å²) in [6.07, 6.45) is 4.23. The van der Waals surface area contributed by atoms with Gasteiger partial charge in [0.2, 0.25) is 0 Å². The quantitative estimate of drug-likeness (QED) is 0.832. The molecule has 1 N–H and O–H groups in total. The van der Waals surface area contributed by atoms with E-state index >= 15 is 0 Å². The van der Waals surface area contributed by atoms with E-state index in [9.17, 15) is 0 Å². The van der Waals surface area contributed by atoms with Crippen LogP contribution in [0.1, 0.15) is 32.0 Å². The number of nitrogens with zero attached hydrogens (tertiary/aromatic N) is 2. The number of hydrogen-bond acceptors (Lipinski definition) is 4. The highest BCUT2D eigenvalue weighted by Crippen LogP contribution is 2.13. The van der Waals surface area contributed by atoms with E-state index in [4.69, 9.17) is 4.74 Å². The summed E-state index contributed by atoms with van der Waals surface area (Å²) in [6, 6.07) is 4.68. The van der Waals surface area contributed by atoms with Crippen molar-refractivity contribution < 1.29 is 4.74 Å². The lowest BCUT2D eigenvalue weighted by atomic mass is 10.0. The zero-order valence-electron chi connectivity index (χ0n) is 13.6. The number of ether oxygens (including phenoxy) is 1. The molecule has 0 spiro atoms. The number of morpholine rings is 1. The number of aryl methyl sites for hydroxylation is 1. The van der Waals surface area contributed by atoms with Crippen LogP contribution < -0.4 is 5.32 Å². The van der Waals surface area contributed by atoms with Crippen LogP contribution in [0.5, 0.6) is 0 Å². The van der Waals surface area contributed by atoms with Gasteiger partial charge in [0.15, 0.2) is 0 Å². The molecule has 1 aromatic rings. The summed E-state index contributed by atoms with van der Waals surface area (Å²) < 4.78 is 6.01. The molecule has 2 unspecified atom stereocenters. The molecular formula is C17H29N3O. The Bertz CT molecular complexity index is 407. The summed E-state index contributed by atoms with van der Waals surface area (Å²) in [4.78, 5) is 7.06. The van der Waals surface area contributed by atoms with Crippen LogP contribution >= 0.6 is 0 Å². The van der Waals surface area contributed by atoms with Crippen LogP contribution in [0, 0.1) is 0 Å². The Labute approximate surface area is 128 Å². The summed E-state index contributed by atoms with van der Waals surface area (Å²) in [5.74, 6) is 0. The maximum absolute atomic E-state index is 6.01. The van der Waals surface area contributed by atoms with Crippen molar-refractivity contribution in [3.05, 3.63) is 29.6 Å². The molecule has 0 bridgehead atoms. The monoisotopic (exact) mass is 291 g/mol. The van der Waals surface area contributed by atoms with Gasteiger partial charge in [-0.1, -0.05) is 26.8 Å². The fourth-order valence-electron chi connectivity index (χ4n) is 2.87. The largest absolute Gasteiger partial charge is 0.374 e. The van der Waals surface area contributed by atoms with Crippen LogP contribution in [0.4, 0.5) is 0 Å². The minimum absolute atomic E-state index is 0.256. The SMILES string of the molecule is CCNC(Cc1ccc(CC)cn1)C1CN(CC)CCO1. The first-order valence-electron chi connectivity index (χ1n) is 8.27. The summed E-state index contributed by atoms with van der Waals surface area (Å²) in [5.41, 5.74) is 2.44. The molecule has 2 rings (SSSR count). The van der Waals surface area contributed by atoms with Crippen molar-refractivity contribution in [1.29, 1.82) is 0 Å². The molecule has 0 aliphatic carbocycles. The van der Waals surface area contributed by atoms with Crippen LogP contribution in [0.15, 0.2) is 18.3 Å². The lowest BCUT2D eigenvalue weighted by Gasteiger charge is -2.36. The Morgan fingerprint density at radius 2 is 2.24 bits per heavy atom. The maximum atomic E-state index is 6.01. The van der Waals surface area contributed by atoms with Crippen molar-refractivity contribution in [3.63, 3.8) is 0 Å². The lowest BCUT2D eigenvalue weighted by molar-refractivity contribution is -0.0446. The van der Waals surface area contributed by atoms with Gasteiger partial charge in [-0.2, -0.15) is 0 Å². The standard InChI is InChI=1S/C17H29N3O/c1-4-14-7-8-15(19-12-14)11-16(18-5-2)17-13-20(6-3)9-10-21-17/h7-8,12,16-18H,4-6,9-11,13H2,1-3H3. The van der Waals surface area contributed by atoms with Crippen LogP contribution in [0.2, 0.25) is 0 Å². The van der Waals surface area contributed by atoms with E-state index < -0.39 is 0 Å². The predicted octanol–water partition coefficient (Wildman–Crippen LogP) is 1.89.